The highest BCUT2D eigenvalue weighted by Gasteiger charge is 2.38. The second kappa shape index (κ2) is 14.8. The molecule has 0 saturated heterocycles. The van der Waals surface area contributed by atoms with Gasteiger partial charge in [-0.05, 0) is 63.6 Å². The number of hydrogen-bond acceptors (Lipinski definition) is 4. The van der Waals surface area contributed by atoms with Crippen LogP contribution in [-0.2, 0) is 14.3 Å². The minimum absolute atomic E-state index is 0.0945. The molecule has 0 radical (unpaired) electrons. The zero-order valence-corrected chi connectivity index (χ0v) is 24.1. The minimum atomic E-state index is -0.838. The number of unbranched alkanes of at least 4 members (excludes halogenated alkanes) is 1. The van der Waals surface area contributed by atoms with Crippen LogP contribution in [0.5, 0.6) is 0 Å². The molecule has 1 aromatic carbocycles. The maximum Gasteiger partial charge on any atom is 0.408 e. The van der Waals surface area contributed by atoms with E-state index in [4.69, 9.17) is 11.2 Å². The van der Waals surface area contributed by atoms with E-state index < -0.39 is 23.8 Å². The second-order valence-electron chi connectivity index (χ2n) is 11.4. The van der Waals surface area contributed by atoms with E-state index in [1.54, 1.807) is 37.8 Å². The number of terminal acetylenes is 1. The minimum Gasteiger partial charge on any atom is -0.444 e. The SMILES string of the molecule is C#Cc1ccc(C(C(=O)NC2CCCCC2)N(CCCC)C(=O)C(NC(=O)OC(C)(C)C)C(C)CC)cc1. The van der Waals surface area contributed by atoms with Crippen molar-refractivity contribution in [1.29, 1.82) is 0 Å². The lowest BCUT2D eigenvalue weighted by molar-refractivity contribution is -0.144. The van der Waals surface area contributed by atoms with Crippen LogP contribution in [0.1, 0.15) is 110 Å². The molecule has 1 aromatic rings. The Morgan fingerprint density at radius 3 is 2.26 bits per heavy atom. The largest absolute Gasteiger partial charge is 0.444 e. The lowest BCUT2D eigenvalue weighted by atomic mass is 9.93. The van der Waals surface area contributed by atoms with E-state index in [1.165, 1.54) is 6.42 Å². The van der Waals surface area contributed by atoms with E-state index >= 15 is 0 Å². The normalized spacial score (nSPS) is 16.4. The van der Waals surface area contributed by atoms with Crippen molar-refractivity contribution in [3.8, 4) is 12.3 Å². The van der Waals surface area contributed by atoms with Gasteiger partial charge in [-0.25, -0.2) is 4.79 Å². The van der Waals surface area contributed by atoms with E-state index in [2.05, 4.69) is 16.6 Å². The maximum atomic E-state index is 14.2. The van der Waals surface area contributed by atoms with Crippen molar-refractivity contribution in [2.45, 2.75) is 117 Å². The van der Waals surface area contributed by atoms with Crippen LogP contribution in [-0.4, -0.2) is 47.0 Å². The summed E-state index contributed by atoms with van der Waals surface area (Å²) in [6.07, 6.45) is 12.4. The van der Waals surface area contributed by atoms with Gasteiger partial charge in [0.1, 0.15) is 17.7 Å². The summed E-state index contributed by atoms with van der Waals surface area (Å²) >= 11 is 0. The van der Waals surface area contributed by atoms with Crippen molar-refractivity contribution >= 4 is 17.9 Å². The van der Waals surface area contributed by atoms with E-state index in [9.17, 15) is 14.4 Å². The molecule has 2 rings (SSSR count). The molecule has 3 amide bonds. The number of nitrogens with zero attached hydrogens (tertiary/aromatic N) is 1. The fourth-order valence-corrected chi connectivity index (χ4v) is 4.75. The summed E-state index contributed by atoms with van der Waals surface area (Å²) in [6.45, 7) is 11.7. The lowest BCUT2D eigenvalue weighted by Crippen LogP contribution is -2.56. The number of rotatable bonds is 11. The fraction of sp³-hybridized carbons (Fsp3) is 0.645. The molecule has 3 unspecified atom stereocenters. The molecule has 38 heavy (non-hydrogen) atoms. The molecule has 3 atom stereocenters. The van der Waals surface area contributed by atoms with E-state index in [0.29, 0.717) is 24.1 Å². The summed E-state index contributed by atoms with van der Waals surface area (Å²) in [5.41, 5.74) is 0.702. The van der Waals surface area contributed by atoms with Gasteiger partial charge in [-0.2, -0.15) is 0 Å². The van der Waals surface area contributed by atoms with Gasteiger partial charge in [0.05, 0.1) is 0 Å². The number of amides is 3. The Balaban J connectivity index is 2.48. The summed E-state index contributed by atoms with van der Waals surface area (Å²) in [6, 6.07) is 5.67. The molecule has 0 bridgehead atoms. The summed E-state index contributed by atoms with van der Waals surface area (Å²) < 4.78 is 5.47. The van der Waals surface area contributed by atoms with Crippen molar-refractivity contribution in [2.75, 3.05) is 6.54 Å². The smallest absolute Gasteiger partial charge is 0.408 e. The number of hydrogen-bond donors (Lipinski definition) is 2. The summed E-state index contributed by atoms with van der Waals surface area (Å²) in [5.74, 6) is 1.96. The molecular weight excluding hydrogens is 478 g/mol. The van der Waals surface area contributed by atoms with E-state index in [-0.39, 0.29) is 23.8 Å². The van der Waals surface area contributed by atoms with Gasteiger partial charge >= 0.3 is 6.09 Å². The topological polar surface area (TPSA) is 87.7 Å². The lowest BCUT2D eigenvalue weighted by Gasteiger charge is -2.37. The van der Waals surface area contributed by atoms with Crippen molar-refractivity contribution < 1.29 is 19.1 Å². The Morgan fingerprint density at radius 1 is 1.11 bits per heavy atom. The third kappa shape index (κ3) is 9.38. The van der Waals surface area contributed by atoms with Crippen LogP contribution in [0.15, 0.2) is 24.3 Å². The molecule has 7 heteroatoms. The molecule has 2 N–H and O–H groups in total. The molecule has 0 aromatic heterocycles. The van der Waals surface area contributed by atoms with Gasteiger partial charge in [0.15, 0.2) is 0 Å². The molecule has 0 heterocycles. The predicted octanol–water partition coefficient (Wildman–Crippen LogP) is 5.73. The molecule has 210 valence electrons. The zero-order valence-electron chi connectivity index (χ0n) is 24.1. The second-order valence-corrected chi connectivity index (χ2v) is 11.4. The first-order chi connectivity index (χ1) is 18.0. The molecule has 1 aliphatic rings. The van der Waals surface area contributed by atoms with Crippen LogP contribution >= 0.6 is 0 Å². The third-order valence-electron chi connectivity index (χ3n) is 7.09. The number of benzene rings is 1. The first-order valence-corrected chi connectivity index (χ1v) is 14.2. The summed E-state index contributed by atoms with van der Waals surface area (Å²) in [5, 5.41) is 6.04. The highest BCUT2D eigenvalue weighted by molar-refractivity contribution is 5.92. The van der Waals surface area contributed by atoms with Gasteiger partial charge in [0.25, 0.3) is 0 Å². The average Bonchev–Trinajstić information content (AvgIpc) is 2.88. The van der Waals surface area contributed by atoms with E-state index in [0.717, 1.165) is 38.5 Å². The Kier molecular flexibility index (Phi) is 12.2. The van der Waals surface area contributed by atoms with Gasteiger partial charge in [-0.3, -0.25) is 9.59 Å². The molecule has 1 saturated carbocycles. The Morgan fingerprint density at radius 2 is 1.74 bits per heavy atom. The number of ether oxygens (including phenoxy) is 1. The first-order valence-electron chi connectivity index (χ1n) is 14.2. The summed E-state index contributed by atoms with van der Waals surface area (Å²) in [4.78, 5) is 42.5. The molecule has 0 spiro atoms. The van der Waals surface area contributed by atoms with Gasteiger partial charge in [0.2, 0.25) is 11.8 Å². The van der Waals surface area contributed by atoms with Crippen molar-refractivity contribution in [2.24, 2.45) is 5.92 Å². The van der Waals surface area contributed by atoms with Crippen LogP contribution in [0, 0.1) is 18.3 Å². The van der Waals surface area contributed by atoms with Crippen LogP contribution in [0.2, 0.25) is 0 Å². The zero-order chi connectivity index (χ0) is 28.3. The molecular formula is C31H47N3O4. The summed E-state index contributed by atoms with van der Waals surface area (Å²) in [7, 11) is 0. The van der Waals surface area contributed by atoms with Crippen LogP contribution in [0.3, 0.4) is 0 Å². The Labute approximate surface area is 229 Å². The van der Waals surface area contributed by atoms with Gasteiger partial charge < -0.3 is 20.3 Å². The van der Waals surface area contributed by atoms with Crippen LogP contribution in [0.25, 0.3) is 0 Å². The van der Waals surface area contributed by atoms with Gasteiger partial charge in [-0.15, -0.1) is 6.42 Å². The van der Waals surface area contributed by atoms with Crippen molar-refractivity contribution in [3.05, 3.63) is 35.4 Å². The van der Waals surface area contributed by atoms with Gasteiger partial charge in [0, 0.05) is 18.2 Å². The van der Waals surface area contributed by atoms with Crippen molar-refractivity contribution in [3.63, 3.8) is 0 Å². The molecule has 1 fully saturated rings. The Hall–Kier alpha value is -3.01. The Bertz CT molecular complexity index is 955. The van der Waals surface area contributed by atoms with Crippen LogP contribution < -0.4 is 10.6 Å². The maximum absolute atomic E-state index is 14.2. The van der Waals surface area contributed by atoms with Gasteiger partial charge in [-0.1, -0.05) is 70.9 Å². The highest BCUT2D eigenvalue weighted by Crippen LogP contribution is 2.27. The fourth-order valence-electron chi connectivity index (χ4n) is 4.75. The third-order valence-corrected chi connectivity index (χ3v) is 7.09. The molecule has 0 aliphatic heterocycles. The quantitative estimate of drug-likeness (QED) is 0.362. The number of alkyl carbamates (subject to hydrolysis) is 1. The van der Waals surface area contributed by atoms with Crippen LogP contribution in [0.4, 0.5) is 4.79 Å². The van der Waals surface area contributed by atoms with Crippen molar-refractivity contribution in [1.82, 2.24) is 15.5 Å². The highest BCUT2D eigenvalue weighted by atomic mass is 16.6. The number of carbonyl (C=O) groups is 3. The van der Waals surface area contributed by atoms with E-state index in [1.807, 2.05) is 32.9 Å². The number of carbonyl (C=O) groups excluding carboxylic acids is 3. The standard InChI is InChI=1S/C31H47N3O4/c1-8-11-21-34(29(36)26(22(4)9-2)33-30(37)38-31(5,6)7)27(24-19-17-23(10-3)18-20-24)28(35)32-25-15-13-12-14-16-25/h3,17-20,22,25-27H,8-9,11-16,21H2,1-2,4-7H3,(H,32,35)(H,33,37). The predicted molar refractivity (Wildman–Crippen MR) is 151 cm³/mol. The first kappa shape index (κ1) is 31.2. The molecule has 7 nitrogen and oxygen atoms in total. The number of nitrogens with one attached hydrogen (secondary N) is 2. The molecule has 1 aliphatic carbocycles. The average molecular weight is 526 g/mol. The monoisotopic (exact) mass is 525 g/mol.